The molecular formula is C25H34N4O5. The molecular weight excluding hydrogens is 436 g/mol. The lowest BCUT2D eigenvalue weighted by Gasteiger charge is -2.39. The molecule has 2 amide bonds. The molecule has 0 saturated carbocycles. The number of fused-ring (bicyclic) bond motifs is 1. The van der Waals surface area contributed by atoms with E-state index >= 15 is 0 Å². The highest BCUT2D eigenvalue weighted by atomic mass is 16.6. The molecule has 9 nitrogen and oxygen atoms in total. The van der Waals surface area contributed by atoms with Gasteiger partial charge in [-0.1, -0.05) is 6.07 Å². The summed E-state index contributed by atoms with van der Waals surface area (Å²) in [5.74, 6) is -0.410. The summed E-state index contributed by atoms with van der Waals surface area (Å²) < 4.78 is 12.3. The third-order valence-electron chi connectivity index (χ3n) is 5.31. The average molecular weight is 471 g/mol. The van der Waals surface area contributed by atoms with Crippen molar-refractivity contribution in [3.8, 4) is 11.3 Å². The monoisotopic (exact) mass is 470 g/mol. The summed E-state index contributed by atoms with van der Waals surface area (Å²) in [4.78, 5) is 43.0. The largest absolute Gasteiger partial charge is 0.459 e. The summed E-state index contributed by atoms with van der Waals surface area (Å²) >= 11 is 0. The number of carbonyl (C=O) groups is 3. The van der Waals surface area contributed by atoms with Gasteiger partial charge in [-0.2, -0.15) is 0 Å². The first-order valence-electron chi connectivity index (χ1n) is 11.5. The molecule has 2 atom stereocenters. The van der Waals surface area contributed by atoms with Crippen LogP contribution in [-0.2, 0) is 25.6 Å². The van der Waals surface area contributed by atoms with Crippen LogP contribution in [0.2, 0.25) is 0 Å². The molecule has 9 heteroatoms. The van der Waals surface area contributed by atoms with Crippen LogP contribution in [0.3, 0.4) is 0 Å². The summed E-state index contributed by atoms with van der Waals surface area (Å²) in [5.41, 5.74) is 2.48. The molecule has 184 valence electrons. The molecule has 0 spiro atoms. The van der Waals surface area contributed by atoms with Crippen molar-refractivity contribution in [1.29, 1.82) is 0 Å². The molecule has 1 aliphatic rings. The number of hydrogen-bond acceptors (Lipinski definition) is 6. The van der Waals surface area contributed by atoms with Crippen LogP contribution in [0.5, 0.6) is 0 Å². The predicted molar refractivity (Wildman–Crippen MR) is 128 cm³/mol. The summed E-state index contributed by atoms with van der Waals surface area (Å²) in [7, 11) is 0. The van der Waals surface area contributed by atoms with Gasteiger partial charge in [-0.15, -0.1) is 0 Å². The maximum absolute atomic E-state index is 12.4. The Balaban J connectivity index is 1.90. The Bertz CT molecular complexity index is 1070. The normalized spacial score (nSPS) is 17.8. The van der Waals surface area contributed by atoms with Crippen molar-refractivity contribution in [2.75, 3.05) is 4.90 Å². The third kappa shape index (κ3) is 6.15. The summed E-state index contributed by atoms with van der Waals surface area (Å²) in [6, 6.07) is 5.27. The fourth-order valence-corrected chi connectivity index (χ4v) is 4.15. The Hall–Kier alpha value is -3.36. The highest BCUT2D eigenvalue weighted by Gasteiger charge is 2.34. The van der Waals surface area contributed by atoms with Gasteiger partial charge in [0.1, 0.15) is 12.1 Å². The lowest BCUT2D eigenvalue weighted by Crippen LogP contribution is -2.45. The fourth-order valence-electron chi connectivity index (χ4n) is 4.15. The Morgan fingerprint density at radius 1 is 1.24 bits per heavy atom. The van der Waals surface area contributed by atoms with Crippen molar-refractivity contribution in [3.05, 3.63) is 36.3 Å². The van der Waals surface area contributed by atoms with E-state index in [-0.39, 0.29) is 36.6 Å². The number of benzene rings is 1. The number of nitrogens with one attached hydrogen (secondary N) is 1. The van der Waals surface area contributed by atoms with Gasteiger partial charge in [0, 0.05) is 30.4 Å². The summed E-state index contributed by atoms with van der Waals surface area (Å²) in [5, 5.41) is 2.94. The van der Waals surface area contributed by atoms with Crippen LogP contribution in [0.4, 0.5) is 10.5 Å². The Morgan fingerprint density at radius 3 is 2.56 bits per heavy atom. The number of nitrogens with zero attached hydrogens (tertiary/aromatic N) is 3. The van der Waals surface area contributed by atoms with Crippen molar-refractivity contribution in [2.45, 2.75) is 85.2 Å². The molecule has 1 aliphatic heterocycles. The zero-order valence-electron chi connectivity index (χ0n) is 20.9. The zero-order valence-corrected chi connectivity index (χ0v) is 20.9. The van der Waals surface area contributed by atoms with E-state index in [1.54, 1.807) is 35.8 Å². The van der Waals surface area contributed by atoms with Gasteiger partial charge in [-0.05, 0) is 65.7 Å². The smallest absolute Gasteiger partial charge is 0.407 e. The molecule has 2 heterocycles. The van der Waals surface area contributed by atoms with Gasteiger partial charge in [0.25, 0.3) is 0 Å². The number of carbonyl (C=O) groups excluding carboxylic acids is 3. The second-order valence-electron chi connectivity index (χ2n) is 9.92. The molecule has 34 heavy (non-hydrogen) atoms. The number of ether oxygens (including phenoxy) is 2. The second-order valence-corrected chi connectivity index (χ2v) is 9.92. The minimum Gasteiger partial charge on any atom is -0.459 e. The van der Waals surface area contributed by atoms with Crippen LogP contribution in [0.1, 0.15) is 66.5 Å². The molecule has 1 N–H and O–H groups in total. The van der Waals surface area contributed by atoms with Gasteiger partial charge in [0.05, 0.1) is 24.2 Å². The fraction of sp³-hybridized carbons (Fsp3) is 0.520. The van der Waals surface area contributed by atoms with Crippen molar-refractivity contribution in [2.24, 2.45) is 0 Å². The van der Waals surface area contributed by atoms with Crippen LogP contribution in [0, 0.1) is 0 Å². The lowest BCUT2D eigenvalue weighted by molar-refractivity contribution is -0.155. The molecule has 0 fully saturated rings. The molecule has 0 saturated heterocycles. The van der Waals surface area contributed by atoms with Crippen LogP contribution in [0.25, 0.3) is 11.3 Å². The number of esters is 1. The van der Waals surface area contributed by atoms with Crippen LogP contribution < -0.4 is 10.2 Å². The van der Waals surface area contributed by atoms with Gasteiger partial charge in [0.15, 0.2) is 0 Å². The number of aromatic nitrogens is 2. The van der Waals surface area contributed by atoms with Crippen LogP contribution in [0.15, 0.2) is 30.7 Å². The van der Waals surface area contributed by atoms with Gasteiger partial charge in [0.2, 0.25) is 5.91 Å². The van der Waals surface area contributed by atoms with Gasteiger partial charge >= 0.3 is 12.1 Å². The first-order chi connectivity index (χ1) is 15.8. The van der Waals surface area contributed by atoms with Gasteiger partial charge < -0.3 is 24.3 Å². The molecule has 0 radical (unpaired) electrons. The highest BCUT2D eigenvalue weighted by molar-refractivity contribution is 5.94. The Kier molecular flexibility index (Phi) is 7.33. The third-order valence-corrected chi connectivity index (χ3v) is 5.31. The molecule has 0 aliphatic carbocycles. The molecule has 0 unspecified atom stereocenters. The van der Waals surface area contributed by atoms with Crippen molar-refractivity contribution in [3.63, 3.8) is 0 Å². The van der Waals surface area contributed by atoms with Crippen LogP contribution >= 0.6 is 0 Å². The number of rotatable bonds is 5. The highest BCUT2D eigenvalue weighted by Crippen LogP contribution is 2.39. The van der Waals surface area contributed by atoms with E-state index in [4.69, 9.17) is 9.47 Å². The van der Waals surface area contributed by atoms with Gasteiger partial charge in [-0.25, -0.2) is 9.78 Å². The molecule has 2 aromatic rings. The second kappa shape index (κ2) is 9.87. The lowest BCUT2D eigenvalue weighted by atomic mass is 9.90. The van der Waals surface area contributed by atoms with E-state index in [0.29, 0.717) is 12.1 Å². The summed E-state index contributed by atoms with van der Waals surface area (Å²) in [6.45, 7) is 12.6. The van der Waals surface area contributed by atoms with E-state index in [2.05, 4.69) is 10.3 Å². The summed E-state index contributed by atoms with van der Waals surface area (Å²) in [6.07, 6.45) is 3.17. The maximum Gasteiger partial charge on any atom is 0.407 e. The van der Waals surface area contributed by atoms with Crippen molar-refractivity contribution in [1.82, 2.24) is 14.9 Å². The molecule has 3 rings (SSSR count). The minimum atomic E-state index is -0.558. The van der Waals surface area contributed by atoms with E-state index < -0.39 is 11.7 Å². The van der Waals surface area contributed by atoms with Crippen molar-refractivity contribution < 1.29 is 23.9 Å². The zero-order chi connectivity index (χ0) is 25.2. The predicted octanol–water partition coefficient (Wildman–Crippen LogP) is 4.21. The van der Waals surface area contributed by atoms with E-state index in [9.17, 15) is 14.4 Å². The maximum atomic E-state index is 12.4. The number of imidazole rings is 1. The van der Waals surface area contributed by atoms with Crippen molar-refractivity contribution >= 4 is 23.7 Å². The SMILES string of the molecule is CC(=O)N1c2ccc(-c3cn(CC(=O)OC(C)(C)C)cn3)cc2[C@H](NC(=O)OC(C)C)C[C@@H]1C. The van der Waals surface area contributed by atoms with Gasteiger partial charge in [-0.3, -0.25) is 9.59 Å². The number of amides is 2. The Labute approximate surface area is 200 Å². The Morgan fingerprint density at radius 2 is 1.94 bits per heavy atom. The standard InChI is InChI=1S/C25H34N4O5/c1-15(2)33-24(32)27-20-10-16(3)29(17(4)30)22-9-8-18(11-19(20)22)21-12-28(14-26-21)13-23(31)34-25(5,6)7/h8-9,11-12,14-16,20H,10,13H2,1-7H3,(H,27,32)/t16-,20+/m0/s1. The van der Waals surface area contributed by atoms with E-state index in [1.165, 1.54) is 6.92 Å². The first kappa shape index (κ1) is 25.3. The average Bonchev–Trinajstić information content (AvgIpc) is 3.13. The quantitative estimate of drug-likeness (QED) is 0.657. The minimum absolute atomic E-state index is 0.0516. The topological polar surface area (TPSA) is 103 Å². The number of anilines is 1. The first-order valence-corrected chi connectivity index (χ1v) is 11.5. The molecule has 1 aromatic carbocycles. The van der Waals surface area contributed by atoms with E-state index in [1.807, 2.05) is 45.9 Å². The van der Waals surface area contributed by atoms with E-state index in [0.717, 1.165) is 16.8 Å². The molecule has 1 aromatic heterocycles. The number of hydrogen-bond donors (Lipinski definition) is 1. The number of alkyl carbamates (subject to hydrolysis) is 1. The molecule has 0 bridgehead atoms. The van der Waals surface area contributed by atoms with Crippen LogP contribution in [-0.4, -0.2) is 45.3 Å².